The van der Waals surface area contributed by atoms with Crippen LogP contribution < -0.4 is 0 Å². The molecule has 1 saturated carbocycles. The predicted octanol–water partition coefficient (Wildman–Crippen LogP) is 2.49. The van der Waals surface area contributed by atoms with Crippen LogP contribution in [-0.2, 0) is 11.3 Å². The van der Waals surface area contributed by atoms with E-state index < -0.39 is 0 Å². The molecule has 0 unspecified atom stereocenters. The van der Waals surface area contributed by atoms with Crippen LogP contribution in [0.5, 0.6) is 0 Å². The topological polar surface area (TPSA) is 69.1 Å². The number of nitrogens with zero attached hydrogens (tertiary/aromatic N) is 4. The van der Waals surface area contributed by atoms with Crippen molar-refractivity contribution in [1.82, 2.24) is 4.90 Å². The van der Waals surface area contributed by atoms with Crippen LogP contribution in [-0.4, -0.2) is 23.4 Å². The molecule has 1 aromatic rings. The largest absolute Gasteiger partial charge is 0.337 e. The van der Waals surface area contributed by atoms with Gasteiger partial charge in [-0.05, 0) is 23.9 Å². The SMILES string of the molecule is [N-]=[N+]=N[C@@H]1CN(Cc2ccccc2)C(=O)C12CC2. The highest BCUT2D eigenvalue weighted by atomic mass is 16.2. The fourth-order valence-corrected chi connectivity index (χ4v) is 2.76. The number of carbonyl (C=O) groups excluding carboxylic acids is 1. The van der Waals surface area contributed by atoms with E-state index in [2.05, 4.69) is 10.0 Å². The van der Waals surface area contributed by atoms with Crippen molar-refractivity contribution < 1.29 is 4.79 Å². The van der Waals surface area contributed by atoms with Gasteiger partial charge in [-0.2, -0.15) is 0 Å². The van der Waals surface area contributed by atoms with Gasteiger partial charge in [-0.25, -0.2) is 0 Å². The molecule has 0 aromatic heterocycles. The van der Waals surface area contributed by atoms with E-state index in [-0.39, 0.29) is 17.4 Å². The van der Waals surface area contributed by atoms with E-state index in [4.69, 9.17) is 5.53 Å². The van der Waals surface area contributed by atoms with Crippen LogP contribution in [0.3, 0.4) is 0 Å². The molecule has 1 atom stereocenters. The zero-order valence-electron chi connectivity index (χ0n) is 9.99. The zero-order valence-corrected chi connectivity index (χ0v) is 9.99. The Balaban J connectivity index is 1.79. The summed E-state index contributed by atoms with van der Waals surface area (Å²) < 4.78 is 0. The van der Waals surface area contributed by atoms with Gasteiger partial charge in [0.25, 0.3) is 0 Å². The molecule has 1 aliphatic heterocycles. The Labute approximate surface area is 105 Å². The summed E-state index contributed by atoms with van der Waals surface area (Å²) in [5.41, 5.74) is 9.33. The van der Waals surface area contributed by atoms with E-state index in [0.717, 1.165) is 18.4 Å². The van der Waals surface area contributed by atoms with Crippen molar-refractivity contribution in [3.8, 4) is 0 Å². The molecule has 1 spiro atoms. The molecule has 0 bridgehead atoms. The molecule has 1 saturated heterocycles. The summed E-state index contributed by atoms with van der Waals surface area (Å²) in [6.45, 7) is 1.16. The van der Waals surface area contributed by atoms with E-state index in [1.165, 1.54) is 0 Å². The Morgan fingerprint density at radius 3 is 2.72 bits per heavy atom. The number of carbonyl (C=O) groups is 1. The molecule has 1 aliphatic carbocycles. The van der Waals surface area contributed by atoms with Gasteiger partial charge in [0, 0.05) is 18.0 Å². The molecule has 2 aliphatic rings. The van der Waals surface area contributed by atoms with Crippen molar-refractivity contribution in [2.24, 2.45) is 10.5 Å². The molecule has 1 heterocycles. The third kappa shape index (κ3) is 1.64. The summed E-state index contributed by atoms with van der Waals surface area (Å²) in [7, 11) is 0. The predicted molar refractivity (Wildman–Crippen MR) is 66.5 cm³/mol. The van der Waals surface area contributed by atoms with E-state index in [9.17, 15) is 4.79 Å². The summed E-state index contributed by atoms with van der Waals surface area (Å²) in [6, 6.07) is 9.72. The summed E-state index contributed by atoms with van der Waals surface area (Å²) in [5.74, 6) is 0.156. The lowest BCUT2D eigenvalue weighted by atomic mass is 10.0. The van der Waals surface area contributed by atoms with Crippen molar-refractivity contribution >= 4 is 5.91 Å². The van der Waals surface area contributed by atoms with Crippen LogP contribution in [0.1, 0.15) is 18.4 Å². The molecule has 5 nitrogen and oxygen atoms in total. The van der Waals surface area contributed by atoms with Gasteiger partial charge in [-0.1, -0.05) is 35.4 Å². The van der Waals surface area contributed by atoms with E-state index >= 15 is 0 Å². The lowest BCUT2D eigenvalue weighted by molar-refractivity contribution is -0.132. The minimum Gasteiger partial charge on any atom is -0.337 e. The van der Waals surface area contributed by atoms with Crippen molar-refractivity contribution in [1.29, 1.82) is 0 Å². The highest BCUT2D eigenvalue weighted by Crippen LogP contribution is 2.55. The summed E-state index contributed by atoms with van der Waals surface area (Å²) in [5, 5.41) is 3.80. The van der Waals surface area contributed by atoms with Crippen molar-refractivity contribution in [3.05, 3.63) is 46.3 Å². The molecule has 1 amide bonds. The van der Waals surface area contributed by atoms with Gasteiger partial charge in [0.2, 0.25) is 5.91 Å². The van der Waals surface area contributed by atoms with Gasteiger partial charge in [0.05, 0.1) is 11.5 Å². The molecule has 92 valence electrons. The van der Waals surface area contributed by atoms with Crippen LogP contribution in [0, 0.1) is 5.41 Å². The monoisotopic (exact) mass is 242 g/mol. The molecule has 3 rings (SSSR count). The van der Waals surface area contributed by atoms with Gasteiger partial charge in [-0.3, -0.25) is 4.79 Å². The Morgan fingerprint density at radius 2 is 2.11 bits per heavy atom. The number of amides is 1. The molecule has 0 N–H and O–H groups in total. The van der Waals surface area contributed by atoms with Gasteiger partial charge < -0.3 is 4.90 Å². The fourth-order valence-electron chi connectivity index (χ4n) is 2.76. The maximum absolute atomic E-state index is 12.3. The van der Waals surface area contributed by atoms with Crippen LogP contribution in [0.2, 0.25) is 0 Å². The lowest BCUT2D eigenvalue weighted by Crippen LogP contribution is -2.27. The fraction of sp³-hybridized carbons (Fsp3) is 0.462. The smallest absolute Gasteiger partial charge is 0.229 e. The van der Waals surface area contributed by atoms with Gasteiger partial charge >= 0.3 is 0 Å². The number of rotatable bonds is 3. The molecule has 18 heavy (non-hydrogen) atoms. The van der Waals surface area contributed by atoms with E-state index in [0.29, 0.717) is 13.1 Å². The highest BCUT2D eigenvalue weighted by molar-refractivity contribution is 5.88. The Hall–Kier alpha value is -2.00. The zero-order chi connectivity index (χ0) is 12.6. The lowest BCUT2D eigenvalue weighted by Gasteiger charge is -2.16. The minimum absolute atomic E-state index is 0.156. The molecular weight excluding hydrogens is 228 g/mol. The molecule has 2 fully saturated rings. The van der Waals surface area contributed by atoms with Gasteiger partial charge in [0.15, 0.2) is 0 Å². The first kappa shape index (κ1) is 11.1. The summed E-state index contributed by atoms with van der Waals surface area (Å²) in [6.07, 6.45) is 1.72. The standard InChI is InChI=1S/C13H14N4O/c14-16-15-11-9-17(12(18)13(11)6-7-13)8-10-4-2-1-3-5-10/h1-5,11H,6-9H2/t11-/m1/s1. The van der Waals surface area contributed by atoms with Crippen molar-refractivity contribution in [3.63, 3.8) is 0 Å². The Bertz CT molecular complexity index is 517. The highest BCUT2D eigenvalue weighted by Gasteiger charge is 2.61. The van der Waals surface area contributed by atoms with Crippen LogP contribution in [0.25, 0.3) is 10.4 Å². The third-order valence-electron chi connectivity index (χ3n) is 3.94. The number of likely N-dealkylation sites (tertiary alicyclic amines) is 1. The average molecular weight is 242 g/mol. The number of azide groups is 1. The number of hydrogen-bond donors (Lipinski definition) is 0. The Kier molecular flexibility index (Phi) is 2.49. The minimum atomic E-state index is -0.360. The van der Waals surface area contributed by atoms with Gasteiger partial charge in [-0.15, -0.1) is 0 Å². The maximum atomic E-state index is 12.3. The molecular formula is C13H14N4O. The second kappa shape index (κ2) is 4.03. The molecule has 1 aromatic carbocycles. The van der Waals surface area contributed by atoms with Crippen LogP contribution in [0.4, 0.5) is 0 Å². The first-order chi connectivity index (χ1) is 8.76. The normalized spacial score (nSPS) is 24.1. The second-order valence-corrected chi connectivity index (χ2v) is 5.05. The van der Waals surface area contributed by atoms with Gasteiger partial charge in [0.1, 0.15) is 0 Å². The summed E-state index contributed by atoms with van der Waals surface area (Å²) >= 11 is 0. The summed E-state index contributed by atoms with van der Waals surface area (Å²) in [4.78, 5) is 17.0. The number of hydrogen-bond acceptors (Lipinski definition) is 2. The van der Waals surface area contributed by atoms with Crippen LogP contribution >= 0.6 is 0 Å². The quantitative estimate of drug-likeness (QED) is 0.456. The number of benzene rings is 1. The Morgan fingerprint density at radius 1 is 1.39 bits per heavy atom. The van der Waals surface area contributed by atoms with Crippen molar-refractivity contribution in [2.45, 2.75) is 25.4 Å². The second-order valence-electron chi connectivity index (χ2n) is 5.05. The molecule has 0 radical (unpaired) electrons. The maximum Gasteiger partial charge on any atom is 0.229 e. The van der Waals surface area contributed by atoms with E-state index in [1.807, 2.05) is 35.2 Å². The average Bonchev–Trinajstić information content (AvgIpc) is 3.15. The van der Waals surface area contributed by atoms with Crippen molar-refractivity contribution in [2.75, 3.05) is 6.54 Å². The van der Waals surface area contributed by atoms with Crippen LogP contribution in [0.15, 0.2) is 35.4 Å². The third-order valence-corrected chi connectivity index (χ3v) is 3.94. The molecule has 5 heteroatoms. The van der Waals surface area contributed by atoms with E-state index in [1.54, 1.807) is 0 Å². The first-order valence-corrected chi connectivity index (χ1v) is 6.14. The first-order valence-electron chi connectivity index (χ1n) is 6.14.